The number of hydrogen-bond donors (Lipinski definition) is 1. The van der Waals surface area contributed by atoms with Gasteiger partial charge in [0.2, 0.25) is 0 Å². The third-order valence-electron chi connectivity index (χ3n) is 5.61. The van der Waals surface area contributed by atoms with Gasteiger partial charge in [-0.1, -0.05) is 23.7 Å². The monoisotopic (exact) mass is 434 g/mol. The quantitative estimate of drug-likeness (QED) is 0.467. The highest BCUT2D eigenvalue weighted by atomic mass is 35.5. The predicted octanol–water partition coefficient (Wildman–Crippen LogP) is 5.41. The third kappa shape index (κ3) is 3.52. The molecule has 156 valence electrons. The number of halogens is 2. The number of benzene rings is 2. The molecule has 0 spiro atoms. The Bertz CT molecular complexity index is 1300. The molecule has 5 nitrogen and oxygen atoms in total. The van der Waals surface area contributed by atoms with Crippen molar-refractivity contribution in [2.45, 2.75) is 25.9 Å². The van der Waals surface area contributed by atoms with Gasteiger partial charge in [0, 0.05) is 29.4 Å². The lowest BCUT2D eigenvalue weighted by atomic mass is 10.0. The highest BCUT2D eigenvalue weighted by molar-refractivity contribution is 6.31. The molecular formula is C24H20ClFN4O. The Morgan fingerprint density at radius 1 is 1.03 bits per heavy atom. The number of pyridine rings is 1. The lowest BCUT2D eigenvalue weighted by Gasteiger charge is -2.20. The fourth-order valence-electron chi connectivity index (χ4n) is 3.97. The number of aliphatic hydroxyl groups is 1. The molecule has 0 fully saturated rings. The van der Waals surface area contributed by atoms with Gasteiger partial charge in [0.25, 0.3) is 0 Å². The third-order valence-corrected chi connectivity index (χ3v) is 5.90. The zero-order valence-electron chi connectivity index (χ0n) is 17.1. The van der Waals surface area contributed by atoms with Crippen LogP contribution in [0.25, 0.3) is 22.0 Å². The normalized spacial score (nSPS) is 13.6. The first-order valence-electron chi connectivity index (χ1n) is 10.0. The van der Waals surface area contributed by atoms with Crippen LogP contribution in [-0.4, -0.2) is 26.6 Å². The van der Waals surface area contributed by atoms with E-state index in [1.165, 1.54) is 6.07 Å². The molecule has 0 unspecified atom stereocenters. The molecular weight excluding hydrogens is 415 g/mol. The van der Waals surface area contributed by atoms with E-state index in [0.717, 1.165) is 45.5 Å². The molecule has 1 N–H and O–H groups in total. The van der Waals surface area contributed by atoms with Gasteiger partial charge in [-0.15, -0.1) is 0 Å². The van der Waals surface area contributed by atoms with Crippen molar-refractivity contribution in [1.82, 2.24) is 15.0 Å². The van der Waals surface area contributed by atoms with E-state index in [0.29, 0.717) is 12.2 Å². The zero-order chi connectivity index (χ0) is 21.8. The predicted molar refractivity (Wildman–Crippen MR) is 120 cm³/mol. The summed E-state index contributed by atoms with van der Waals surface area (Å²) in [5, 5.41) is 11.1. The second-order valence-corrected chi connectivity index (χ2v) is 8.62. The maximum Gasteiger partial charge on any atom is 0.144 e. The number of hydrogen-bond acceptors (Lipinski definition) is 5. The standard InChI is InChI=1S/C24H20ClFN4O/c1-24(2,31)22-6-4-16(12-27-22)14-3-5-20-17(9-14)23(29-13-28-20)30-8-7-15-10-19(26)18(25)11-21(15)30/h3-6,9-13,31H,7-8H2,1-2H3. The highest BCUT2D eigenvalue weighted by Gasteiger charge is 2.25. The van der Waals surface area contributed by atoms with Crippen molar-refractivity contribution in [3.8, 4) is 11.1 Å². The summed E-state index contributed by atoms with van der Waals surface area (Å²) < 4.78 is 13.9. The van der Waals surface area contributed by atoms with E-state index in [4.69, 9.17) is 11.6 Å². The van der Waals surface area contributed by atoms with Crippen LogP contribution in [0.1, 0.15) is 25.1 Å². The summed E-state index contributed by atoms with van der Waals surface area (Å²) in [6.45, 7) is 4.11. The summed E-state index contributed by atoms with van der Waals surface area (Å²) in [7, 11) is 0. The number of rotatable bonds is 3. The molecule has 2 aromatic carbocycles. The fourth-order valence-corrected chi connectivity index (χ4v) is 4.12. The Morgan fingerprint density at radius 3 is 2.58 bits per heavy atom. The number of fused-ring (bicyclic) bond motifs is 2. The molecule has 31 heavy (non-hydrogen) atoms. The van der Waals surface area contributed by atoms with Crippen molar-refractivity contribution in [3.05, 3.63) is 77.1 Å². The van der Waals surface area contributed by atoms with Crippen molar-refractivity contribution in [2.24, 2.45) is 0 Å². The molecule has 5 rings (SSSR count). The van der Waals surface area contributed by atoms with Crippen molar-refractivity contribution >= 4 is 34.0 Å². The summed E-state index contributed by atoms with van der Waals surface area (Å²) in [6.07, 6.45) is 4.02. The molecule has 1 aliphatic heterocycles. The molecule has 0 amide bonds. The average molecular weight is 435 g/mol. The zero-order valence-corrected chi connectivity index (χ0v) is 17.9. The molecule has 0 saturated heterocycles. The highest BCUT2D eigenvalue weighted by Crippen LogP contribution is 2.39. The molecule has 7 heteroatoms. The molecule has 4 aromatic rings. The van der Waals surface area contributed by atoms with E-state index < -0.39 is 11.4 Å². The van der Waals surface area contributed by atoms with Crippen LogP contribution < -0.4 is 4.90 Å². The molecule has 3 heterocycles. The van der Waals surface area contributed by atoms with Crippen LogP contribution in [0.2, 0.25) is 5.02 Å². The maximum absolute atomic E-state index is 13.9. The Morgan fingerprint density at radius 2 is 1.84 bits per heavy atom. The van der Waals surface area contributed by atoms with Gasteiger partial charge in [0.1, 0.15) is 23.6 Å². The largest absolute Gasteiger partial charge is 0.384 e. The van der Waals surface area contributed by atoms with Crippen LogP contribution in [0, 0.1) is 5.82 Å². The molecule has 0 bridgehead atoms. The SMILES string of the molecule is CC(C)(O)c1ccc(-c2ccc3ncnc(N4CCc5cc(F)c(Cl)cc54)c3c2)cn1. The topological polar surface area (TPSA) is 62.1 Å². The minimum atomic E-state index is -0.993. The fraction of sp³-hybridized carbons (Fsp3) is 0.208. The smallest absolute Gasteiger partial charge is 0.144 e. The second kappa shape index (κ2) is 7.25. The summed E-state index contributed by atoms with van der Waals surface area (Å²) in [5.41, 5.74) is 4.11. The van der Waals surface area contributed by atoms with Gasteiger partial charge in [0.15, 0.2) is 0 Å². The van der Waals surface area contributed by atoms with Crippen LogP contribution in [0.3, 0.4) is 0 Å². The first-order chi connectivity index (χ1) is 14.8. The second-order valence-electron chi connectivity index (χ2n) is 8.22. The minimum absolute atomic E-state index is 0.0997. The Balaban J connectivity index is 1.60. The van der Waals surface area contributed by atoms with Crippen LogP contribution in [-0.2, 0) is 12.0 Å². The van der Waals surface area contributed by atoms with Crippen LogP contribution in [0.15, 0.2) is 55.0 Å². The molecule has 2 aromatic heterocycles. The van der Waals surface area contributed by atoms with E-state index in [9.17, 15) is 9.50 Å². The van der Waals surface area contributed by atoms with Gasteiger partial charge in [-0.3, -0.25) is 4.98 Å². The number of nitrogens with zero attached hydrogens (tertiary/aromatic N) is 4. The van der Waals surface area contributed by atoms with Gasteiger partial charge in [-0.2, -0.15) is 0 Å². The van der Waals surface area contributed by atoms with Crippen LogP contribution >= 0.6 is 11.6 Å². The van der Waals surface area contributed by atoms with Crippen molar-refractivity contribution in [1.29, 1.82) is 0 Å². The Kier molecular flexibility index (Phi) is 4.64. The number of anilines is 2. The van der Waals surface area contributed by atoms with Gasteiger partial charge in [-0.25, -0.2) is 14.4 Å². The molecule has 1 aliphatic rings. The summed E-state index contributed by atoms with van der Waals surface area (Å²) in [4.78, 5) is 15.4. The van der Waals surface area contributed by atoms with E-state index in [1.54, 1.807) is 32.4 Å². The van der Waals surface area contributed by atoms with Gasteiger partial charge in [-0.05, 0) is 61.7 Å². The lowest BCUT2D eigenvalue weighted by Crippen LogP contribution is -2.17. The molecule has 0 radical (unpaired) electrons. The van der Waals surface area contributed by atoms with E-state index in [-0.39, 0.29) is 5.02 Å². The first kappa shape index (κ1) is 19.8. The lowest BCUT2D eigenvalue weighted by molar-refractivity contribution is 0.0739. The van der Waals surface area contributed by atoms with Gasteiger partial charge >= 0.3 is 0 Å². The summed E-state index contributed by atoms with van der Waals surface area (Å²) in [5.74, 6) is 0.355. The Labute approximate surface area is 184 Å². The van der Waals surface area contributed by atoms with Crippen molar-refractivity contribution in [2.75, 3.05) is 11.4 Å². The van der Waals surface area contributed by atoms with Crippen LogP contribution in [0.5, 0.6) is 0 Å². The van der Waals surface area contributed by atoms with E-state index in [1.807, 2.05) is 30.3 Å². The minimum Gasteiger partial charge on any atom is -0.384 e. The number of aromatic nitrogens is 3. The molecule has 0 atom stereocenters. The summed E-state index contributed by atoms with van der Waals surface area (Å²) in [6, 6.07) is 12.9. The van der Waals surface area contributed by atoms with Crippen molar-refractivity contribution < 1.29 is 9.50 Å². The van der Waals surface area contributed by atoms with Gasteiger partial charge < -0.3 is 10.0 Å². The van der Waals surface area contributed by atoms with E-state index in [2.05, 4.69) is 19.9 Å². The Hall–Kier alpha value is -3.09. The average Bonchev–Trinajstić information content (AvgIpc) is 3.15. The van der Waals surface area contributed by atoms with Crippen LogP contribution in [0.4, 0.5) is 15.9 Å². The first-order valence-corrected chi connectivity index (χ1v) is 10.4. The maximum atomic E-state index is 13.9. The summed E-state index contributed by atoms with van der Waals surface area (Å²) >= 11 is 6.05. The molecule has 0 saturated carbocycles. The van der Waals surface area contributed by atoms with Gasteiger partial charge in [0.05, 0.1) is 16.2 Å². The van der Waals surface area contributed by atoms with E-state index >= 15 is 0 Å². The van der Waals surface area contributed by atoms with Crippen molar-refractivity contribution in [3.63, 3.8) is 0 Å². The molecule has 0 aliphatic carbocycles.